The zero-order valence-electron chi connectivity index (χ0n) is 11.7. The first-order chi connectivity index (χ1) is 9.85. The van der Waals surface area contributed by atoms with Gasteiger partial charge in [-0.3, -0.25) is 0 Å². The topological polar surface area (TPSA) is 75.4 Å². The highest BCUT2D eigenvalue weighted by Crippen LogP contribution is 2.31. The van der Waals surface area contributed by atoms with Crippen molar-refractivity contribution in [2.24, 2.45) is 0 Å². The van der Waals surface area contributed by atoms with Gasteiger partial charge in [0.05, 0.1) is 5.69 Å². The zero-order chi connectivity index (χ0) is 15.6. The van der Waals surface area contributed by atoms with E-state index in [-0.39, 0.29) is 10.7 Å². The lowest BCUT2D eigenvalue weighted by Crippen LogP contribution is -2.22. The van der Waals surface area contributed by atoms with Gasteiger partial charge in [-0.2, -0.15) is 0 Å². The van der Waals surface area contributed by atoms with Crippen molar-refractivity contribution in [3.8, 4) is 0 Å². The van der Waals surface area contributed by atoms with Crippen LogP contribution in [0.2, 0.25) is 0 Å². The van der Waals surface area contributed by atoms with Crippen molar-refractivity contribution < 1.29 is 12.8 Å². The van der Waals surface area contributed by atoms with Gasteiger partial charge in [0.15, 0.2) is 0 Å². The standard InChI is InChI=1S/C14H16FN3O2S/c1-17-21(19,20)14-9-11(16)5-8-13(14)18(2)12-6-3-10(15)4-7-12/h3-9,17H,16H2,1-2H3. The van der Waals surface area contributed by atoms with Crippen molar-refractivity contribution in [1.29, 1.82) is 0 Å². The molecule has 0 unspecified atom stereocenters. The number of nitrogens with two attached hydrogens (primary N) is 1. The zero-order valence-corrected chi connectivity index (χ0v) is 12.5. The van der Waals surface area contributed by atoms with E-state index >= 15 is 0 Å². The molecular formula is C14H16FN3O2S. The third-order valence-electron chi connectivity index (χ3n) is 3.12. The number of rotatable bonds is 4. The Bertz CT molecular complexity index is 745. The summed E-state index contributed by atoms with van der Waals surface area (Å²) >= 11 is 0. The summed E-state index contributed by atoms with van der Waals surface area (Å²) in [6, 6.07) is 10.4. The summed E-state index contributed by atoms with van der Waals surface area (Å²) in [7, 11) is -0.623. The molecule has 0 bridgehead atoms. The van der Waals surface area contributed by atoms with Gasteiger partial charge in [0.25, 0.3) is 0 Å². The fourth-order valence-corrected chi connectivity index (χ4v) is 2.93. The molecule has 5 nitrogen and oxygen atoms in total. The summed E-state index contributed by atoms with van der Waals surface area (Å²) in [5.74, 6) is -0.354. The molecule has 0 saturated heterocycles. The van der Waals surface area contributed by atoms with E-state index in [1.807, 2.05) is 0 Å². The number of hydrogen-bond donors (Lipinski definition) is 2. The van der Waals surface area contributed by atoms with Crippen molar-refractivity contribution in [2.45, 2.75) is 4.90 Å². The lowest BCUT2D eigenvalue weighted by atomic mass is 10.2. The second-order valence-electron chi connectivity index (χ2n) is 4.47. The van der Waals surface area contributed by atoms with Crippen molar-refractivity contribution in [3.63, 3.8) is 0 Å². The van der Waals surface area contributed by atoms with Crippen LogP contribution >= 0.6 is 0 Å². The molecule has 0 aromatic heterocycles. The maximum Gasteiger partial charge on any atom is 0.242 e. The predicted molar refractivity (Wildman–Crippen MR) is 81.6 cm³/mol. The Labute approximate surface area is 123 Å². The second-order valence-corrected chi connectivity index (χ2v) is 6.33. The van der Waals surface area contributed by atoms with Crippen LogP contribution in [0.4, 0.5) is 21.5 Å². The molecule has 112 valence electrons. The van der Waals surface area contributed by atoms with Crippen molar-refractivity contribution in [1.82, 2.24) is 4.72 Å². The summed E-state index contributed by atoms with van der Waals surface area (Å²) in [6.07, 6.45) is 0. The molecule has 21 heavy (non-hydrogen) atoms. The summed E-state index contributed by atoms with van der Waals surface area (Å²) in [6.45, 7) is 0. The van der Waals surface area contributed by atoms with Gasteiger partial charge in [-0.25, -0.2) is 17.5 Å². The molecule has 0 aliphatic carbocycles. The Morgan fingerprint density at radius 3 is 2.33 bits per heavy atom. The fraction of sp³-hybridized carbons (Fsp3) is 0.143. The Hall–Kier alpha value is -2.12. The number of anilines is 3. The molecule has 0 aliphatic rings. The molecule has 0 radical (unpaired) electrons. The number of hydrogen-bond acceptors (Lipinski definition) is 4. The number of benzene rings is 2. The third kappa shape index (κ3) is 3.14. The molecule has 3 N–H and O–H groups in total. The van der Waals surface area contributed by atoms with Crippen molar-refractivity contribution in [2.75, 3.05) is 24.7 Å². The number of halogens is 1. The Morgan fingerprint density at radius 2 is 1.76 bits per heavy atom. The van der Waals surface area contributed by atoms with Gasteiger partial charge < -0.3 is 10.6 Å². The average Bonchev–Trinajstić information content (AvgIpc) is 2.47. The molecule has 2 rings (SSSR count). The van der Waals surface area contributed by atoms with Crippen LogP contribution in [-0.2, 0) is 10.0 Å². The van der Waals surface area contributed by atoms with E-state index in [9.17, 15) is 12.8 Å². The molecule has 0 saturated carbocycles. The number of nitrogens with zero attached hydrogens (tertiary/aromatic N) is 1. The molecule has 2 aromatic rings. The van der Waals surface area contributed by atoms with Crippen LogP contribution < -0.4 is 15.4 Å². The van der Waals surface area contributed by atoms with Crippen LogP contribution in [0.5, 0.6) is 0 Å². The SMILES string of the molecule is CNS(=O)(=O)c1cc(N)ccc1N(C)c1ccc(F)cc1. The highest BCUT2D eigenvalue weighted by atomic mass is 32.2. The minimum absolute atomic E-state index is 0.0665. The smallest absolute Gasteiger partial charge is 0.242 e. The second kappa shape index (κ2) is 5.71. The maximum atomic E-state index is 13.0. The van der Waals surface area contributed by atoms with Crippen LogP contribution in [0.25, 0.3) is 0 Å². The molecular weight excluding hydrogens is 293 g/mol. The van der Waals surface area contributed by atoms with Gasteiger partial charge in [-0.05, 0) is 49.5 Å². The highest BCUT2D eigenvalue weighted by molar-refractivity contribution is 7.89. The van der Waals surface area contributed by atoms with Crippen molar-refractivity contribution in [3.05, 3.63) is 48.3 Å². The minimum atomic E-state index is -3.66. The quantitative estimate of drug-likeness (QED) is 0.848. The van der Waals surface area contributed by atoms with E-state index < -0.39 is 10.0 Å². The van der Waals surface area contributed by atoms with Crippen LogP contribution in [0.15, 0.2) is 47.4 Å². The molecule has 0 spiro atoms. The molecule has 0 atom stereocenters. The van der Waals surface area contributed by atoms with Crippen LogP contribution in [0.1, 0.15) is 0 Å². The molecule has 0 amide bonds. The average molecular weight is 309 g/mol. The highest BCUT2D eigenvalue weighted by Gasteiger charge is 2.20. The molecule has 2 aromatic carbocycles. The fourth-order valence-electron chi connectivity index (χ4n) is 1.94. The summed E-state index contributed by atoms with van der Waals surface area (Å²) in [5.41, 5.74) is 7.13. The molecule has 7 heteroatoms. The minimum Gasteiger partial charge on any atom is -0.399 e. The van der Waals surface area contributed by atoms with Gasteiger partial charge in [-0.15, -0.1) is 0 Å². The number of nitrogen functional groups attached to an aromatic ring is 1. The van der Waals surface area contributed by atoms with E-state index in [2.05, 4.69) is 4.72 Å². The summed E-state index contributed by atoms with van der Waals surface area (Å²) < 4.78 is 39.5. The van der Waals surface area contributed by atoms with Crippen LogP contribution in [0.3, 0.4) is 0 Å². The van der Waals surface area contributed by atoms with Gasteiger partial charge in [0.2, 0.25) is 10.0 Å². The lowest BCUT2D eigenvalue weighted by Gasteiger charge is -2.22. The molecule has 0 aliphatic heterocycles. The predicted octanol–water partition coefficient (Wildman–Crippen LogP) is 2.08. The first kappa shape index (κ1) is 15.3. The third-order valence-corrected chi connectivity index (χ3v) is 4.56. The van der Waals surface area contributed by atoms with Gasteiger partial charge in [0.1, 0.15) is 10.7 Å². The van der Waals surface area contributed by atoms with Crippen molar-refractivity contribution >= 4 is 27.1 Å². The van der Waals surface area contributed by atoms with Crippen LogP contribution in [0, 0.1) is 5.82 Å². The molecule has 0 fully saturated rings. The Kier molecular flexibility index (Phi) is 4.15. The van der Waals surface area contributed by atoms with Gasteiger partial charge >= 0.3 is 0 Å². The normalized spacial score (nSPS) is 11.4. The van der Waals surface area contributed by atoms with E-state index in [4.69, 9.17) is 5.73 Å². The van der Waals surface area contributed by atoms with E-state index in [1.165, 1.54) is 25.2 Å². The largest absolute Gasteiger partial charge is 0.399 e. The van der Waals surface area contributed by atoms with Gasteiger partial charge in [0, 0.05) is 18.4 Å². The van der Waals surface area contributed by atoms with E-state index in [0.29, 0.717) is 17.1 Å². The summed E-state index contributed by atoms with van der Waals surface area (Å²) in [5, 5.41) is 0. The first-order valence-corrected chi connectivity index (χ1v) is 7.66. The summed E-state index contributed by atoms with van der Waals surface area (Å²) in [4.78, 5) is 1.72. The van der Waals surface area contributed by atoms with E-state index in [1.54, 1.807) is 36.2 Å². The Morgan fingerprint density at radius 1 is 1.14 bits per heavy atom. The maximum absolute atomic E-state index is 13.0. The first-order valence-electron chi connectivity index (χ1n) is 6.17. The van der Waals surface area contributed by atoms with Crippen LogP contribution in [-0.4, -0.2) is 22.5 Å². The lowest BCUT2D eigenvalue weighted by molar-refractivity contribution is 0.588. The van der Waals surface area contributed by atoms with Gasteiger partial charge in [-0.1, -0.05) is 0 Å². The number of sulfonamides is 1. The Balaban J connectivity index is 2.56. The number of nitrogens with one attached hydrogen (secondary N) is 1. The monoisotopic (exact) mass is 309 g/mol. The van der Waals surface area contributed by atoms with E-state index in [0.717, 1.165) is 0 Å². The molecule has 0 heterocycles.